The van der Waals surface area contributed by atoms with Crippen molar-refractivity contribution in [2.24, 2.45) is 0 Å². The van der Waals surface area contributed by atoms with Crippen molar-refractivity contribution >= 4 is 5.97 Å². The molecule has 0 radical (unpaired) electrons. The third-order valence-corrected chi connectivity index (χ3v) is 3.51. The van der Waals surface area contributed by atoms with Crippen LogP contribution in [0.1, 0.15) is 16.7 Å². The maximum Gasteiger partial charge on any atom is 0.327 e. The average Bonchev–Trinajstić information content (AvgIpc) is 3.08. The van der Waals surface area contributed by atoms with Crippen molar-refractivity contribution in [1.29, 1.82) is 5.26 Å². The Kier molecular flexibility index (Phi) is 5.11. The van der Waals surface area contributed by atoms with Gasteiger partial charge in [0.15, 0.2) is 12.3 Å². The molecule has 0 saturated carbocycles. The van der Waals surface area contributed by atoms with E-state index in [2.05, 4.69) is 28.2 Å². The number of hydrazine groups is 2. The van der Waals surface area contributed by atoms with Gasteiger partial charge in [-0.1, -0.05) is 11.8 Å². The lowest BCUT2D eigenvalue weighted by atomic mass is 10.1. The first-order valence-electron chi connectivity index (χ1n) is 7.53. The van der Waals surface area contributed by atoms with E-state index in [0.29, 0.717) is 16.7 Å². The summed E-state index contributed by atoms with van der Waals surface area (Å²) in [6.45, 7) is 0. The van der Waals surface area contributed by atoms with E-state index in [9.17, 15) is 9.18 Å². The van der Waals surface area contributed by atoms with E-state index in [1.807, 2.05) is 6.07 Å². The quantitative estimate of drug-likeness (QED) is 0.607. The minimum absolute atomic E-state index is 0.142. The SMILES string of the molecule is N#Cc1ccc(C#Cc2cc(F)cc(OC3NNNC3C(=O)O)c2)cc1. The number of benzene rings is 2. The van der Waals surface area contributed by atoms with Crippen LogP contribution in [-0.4, -0.2) is 23.3 Å². The Bertz CT molecular complexity index is 928. The molecule has 1 fully saturated rings. The molecule has 1 aliphatic rings. The number of nitriles is 1. The molecule has 7 nitrogen and oxygen atoms in total. The topological polar surface area (TPSA) is 106 Å². The van der Waals surface area contributed by atoms with Gasteiger partial charge < -0.3 is 9.84 Å². The van der Waals surface area contributed by atoms with Crippen molar-refractivity contribution in [2.75, 3.05) is 0 Å². The molecule has 8 heteroatoms. The molecule has 1 aliphatic heterocycles. The number of hydrogen-bond acceptors (Lipinski definition) is 6. The normalized spacial score (nSPS) is 18.5. The van der Waals surface area contributed by atoms with E-state index in [1.165, 1.54) is 12.1 Å². The second-order valence-corrected chi connectivity index (χ2v) is 5.38. The van der Waals surface area contributed by atoms with E-state index in [4.69, 9.17) is 15.1 Å². The molecule has 0 spiro atoms. The second-order valence-electron chi connectivity index (χ2n) is 5.38. The van der Waals surface area contributed by atoms with Crippen molar-refractivity contribution in [2.45, 2.75) is 12.3 Å². The van der Waals surface area contributed by atoms with Crippen LogP contribution in [0.25, 0.3) is 0 Å². The number of ether oxygens (including phenoxy) is 1. The largest absolute Gasteiger partial charge is 0.480 e. The van der Waals surface area contributed by atoms with E-state index in [1.54, 1.807) is 24.3 Å². The fraction of sp³-hybridized carbons (Fsp3) is 0.111. The number of nitrogens with one attached hydrogen (secondary N) is 3. The molecule has 2 aromatic carbocycles. The Balaban J connectivity index is 1.79. The molecule has 2 unspecified atom stereocenters. The van der Waals surface area contributed by atoms with Gasteiger partial charge in [0, 0.05) is 17.2 Å². The summed E-state index contributed by atoms with van der Waals surface area (Å²) in [4.78, 5) is 11.1. The van der Waals surface area contributed by atoms with Gasteiger partial charge in [0.1, 0.15) is 11.6 Å². The lowest BCUT2D eigenvalue weighted by Gasteiger charge is -2.16. The molecule has 1 saturated heterocycles. The van der Waals surface area contributed by atoms with E-state index < -0.39 is 24.1 Å². The maximum atomic E-state index is 13.8. The van der Waals surface area contributed by atoms with Gasteiger partial charge in [0.05, 0.1) is 11.6 Å². The molecule has 2 atom stereocenters. The first-order valence-corrected chi connectivity index (χ1v) is 7.53. The highest BCUT2D eigenvalue weighted by Crippen LogP contribution is 2.18. The zero-order chi connectivity index (χ0) is 18.5. The van der Waals surface area contributed by atoms with Gasteiger partial charge in [-0.05, 0) is 36.4 Å². The average molecular weight is 352 g/mol. The number of hydrogen-bond donors (Lipinski definition) is 4. The summed E-state index contributed by atoms with van der Waals surface area (Å²) in [5.74, 6) is 4.15. The van der Waals surface area contributed by atoms with Crippen LogP contribution in [0, 0.1) is 29.0 Å². The fourth-order valence-electron chi connectivity index (χ4n) is 2.26. The lowest BCUT2D eigenvalue weighted by molar-refractivity contribution is -0.141. The lowest BCUT2D eigenvalue weighted by Crippen LogP contribution is -2.44. The monoisotopic (exact) mass is 352 g/mol. The molecule has 0 aliphatic carbocycles. The Morgan fingerprint density at radius 1 is 1.08 bits per heavy atom. The van der Waals surface area contributed by atoms with Crippen molar-refractivity contribution in [3.8, 4) is 23.7 Å². The third kappa shape index (κ3) is 4.15. The van der Waals surface area contributed by atoms with Crippen LogP contribution in [0.2, 0.25) is 0 Å². The Labute approximate surface area is 148 Å². The van der Waals surface area contributed by atoms with Gasteiger partial charge in [-0.3, -0.25) is 4.79 Å². The number of rotatable bonds is 3. The molecule has 3 rings (SSSR count). The van der Waals surface area contributed by atoms with Crippen LogP contribution >= 0.6 is 0 Å². The van der Waals surface area contributed by atoms with Crippen molar-refractivity contribution in [1.82, 2.24) is 16.4 Å². The number of halogens is 1. The zero-order valence-electron chi connectivity index (χ0n) is 13.3. The molecule has 1 heterocycles. The molecular formula is C18H13FN4O3. The van der Waals surface area contributed by atoms with Gasteiger partial charge in [0.25, 0.3) is 0 Å². The summed E-state index contributed by atoms with van der Waals surface area (Å²) in [5.41, 5.74) is 9.10. The molecule has 130 valence electrons. The highest BCUT2D eigenvalue weighted by atomic mass is 19.1. The summed E-state index contributed by atoms with van der Waals surface area (Å²) >= 11 is 0. The van der Waals surface area contributed by atoms with Gasteiger partial charge in [0.2, 0.25) is 0 Å². The maximum absolute atomic E-state index is 13.8. The summed E-state index contributed by atoms with van der Waals surface area (Å²) in [7, 11) is 0. The van der Waals surface area contributed by atoms with E-state index >= 15 is 0 Å². The molecule has 0 bridgehead atoms. The number of carbonyl (C=O) groups is 1. The number of aliphatic carboxylic acids is 1. The van der Waals surface area contributed by atoms with Crippen LogP contribution in [0.4, 0.5) is 4.39 Å². The molecule has 0 amide bonds. The second kappa shape index (κ2) is 7.64. The molecule has 0 aromatic heterocycles. The van der Waals surface area contributed by atoms with Gasteiger partial charge in [-0.25, -0.2) is 15.2 Å². The summed E-state index contributed by atoms with van der Waals surface area (Å²) in [6, 6.07) is 11.6. The van der Waals surface area contributed by atoms with Crippen LogP contribution < -0.4 is 21.1 Å². The van der Waals surface area contributed by atoms with Crippen LogP contribution in [0.5, 0.6) is 5.75 Å². The Hall–Kier alpha value is -3.43. The molecule has 4 N–H and O–H groups in total. The predicted molar refractivity (Wildman–Crippen MR) is 88.8 cm³/mol. The van der Waals surface area contributed by atoms with Crippen molar-refractivity contribution in [3.05, 3.63) is 65.0 Å². The van der Waals surface area contributed by atoms with Gasteiger partial charge >= 0.3 is 5.97 Å². The number of carboxylic acids is 1. The fourth-order valence-corrected chi connectivity index (χ4v) is 2.26. The number of carboxylic acid groups (broad SMARTS) is 1. The van der Waals surface area contributed by atoms with E-state index in [0.717, 1.165) is 6.07 Å². The standard InChI is InChI=1S/C18H13FN4O3/c19-14-7-13(6-3-11-1-4-12(10-20)5-2-11)8-15(9-14)26-17-16(18(24)25)21-23-22-17/h1-2,4-5,7-9,16-17,21-23H,(H,24,25). The predicted octanol–water partition coefficient (Wildman–Crippen LogP) is 0.868. The molecule has 26 heavy (non-hydrogen) atoms. The van der Waals surface area contributed by atoms with Gasteiger partial charge in [-0.15, -0.1) is 0 Å². The first kappa shape index (κ1) is 17.4. The summed E-state index contributed by atoms with van der Waals surface area (Å²) < 4.78 is 19.3. The zero-order valence-corrected chi connectivity index (χ0v) is 13.3. The highest BCUT2D eigenvalue weighted by molar-refractivity contribution is 5.74. The smallest absolute Gasteiger partial charge is 0.327 e. The van der Waals surface area contributed by atoms with Crippen LogP contribution in [0.15, 0.2) is 42.5 Å². The highest BCUT2D eigenvalue weighted by Gasteiger charge is 2.34. The Morgan fingerprint density at radius 3 is 2.46 bits per heavy atom. The Morgan fingerprint density at radius 2 is 1.77 bits per heavy atom. The van der Waals surface area contributed by atoms with Gasteiger partial charge in [-0.2, -0.15) is 10.8 Å². The molecular weight excluding hydrogens is 339 g/mol. The van der Waals surface area contributed by atoms with Crippen molar-refractivity contribution in [3.63, 3.8) is 0 Å². The summed E-state index contributed by atoms with van der Waals surface area (Å²) in [6.07, 6.45) is -0.923. The number of nitrogens with zero attached hydrogens (tertiary/aromatic N) is 1. The van der Waals surface area contributed by atoms with Crippen molar-refractivity contribution < 1.29 is 19.0 Å². The third-order valence-electron chi connectivity index (χ3n) is 3.51. The first-order chi connectivity index (χ1) is 12.5. The van der Waals surface area contributed by atoms with Crippen LogP contribution in [-0.2, 0) is 4.79 Å². The van der Waals surface area contributed by atoms with E-state index in [-0.39, 0.29) is 5.75 Å². The minimum atomic E-state index is -1.12. The minimum Gasteiger partial charge on any atom is -0.480 e. The van der Waals surface area contributed by atoms with Crippen LogP contribution in [0.3, 0.4) is 0 Å². The summed E-state index contributed by atoms with van der Waals surface area (Å²) in [5, 5.41) is 17.9. The molecule has 2 aromatic rings.